The van der Waals surface area contributed by atoms with Crippen molar-refractivity contribution in [2.45, 2.75) is 18.9 Å². The summed E-state index contributed by atoms with van der Waals surface area (Å²) in [5.41, 5.74) is 10.5. The molecule has 8 heavy (non-hydrogen) atoms. The standard InChI is InChI=1S/C5H13FN2/c6-3-1-2-5(8)4-7/h5H,1-4,7-8H2. The summed E-state index contributed by atoms with van der Waals surface area (Å²) in [6.07, 6.45) is 1.24. The van der Waals surface area contributed by atoms with E-state index in [1.54, 1.807) is 0 Å². The van der Waals surface area contributed by atoms with E-state index in [1.807, 2.05) is 0 Å². The predicted octanol–water partition coefficient (Wildman–Crippen LogP) is 0.0221. The minimum absolute atomic E-state index is 0.00856. The average molecular weight is 120 g/mol. The van der Waals surface area contributed by atoms with Crippen molar-refractivity contribution in [3.63, 3.8) is 0 Å². The zero-order valence-corrected chi connectivity index (χ0v) is 4.94. The molecular formula is C5H13FN2. The van der Waals surface area contributed by atoms with Gasteiger partial charge in [0.05, 0.1) is 6.67 Å². The Morgan fingerprint density at radius 1 is 1.50 bits per heavy atom. The van der Waals surface area contributed by atoms with Gasteiger partial charge in [-0.15, -0.1) is 0 Å². The van der Waals surface area contributed by atoms with Crippen molar-refractivity contribution in [2.75, 3.05) is 13.2 Å². The van der Waals surface area contributed by atoms with E-state index >= 15 is 0 Å². The molecule has 0 fully saturated rings. The predicted molar refractivity (Wildman–Crippen MR) is 32.2 cm³/mol. The first-order valence-electron chi connectivity index (χ1n) is 2.83. The Morgan fingerprint density at radius 2 is 2.12 bits per heavy atom. The van der Waals surface area contributed by atoms with E-state index < -0.39 is 0 Å². The van der Waals surface area contributed by atoms with Crippen LogP contribution in [0.3, 0.4) is 0 Å². The Morgan fingerprint density at radius 3 is 2.50 bits per heavy atom. The lowest BCUT2D eigenvalue weighted by Crippen LogP contribution is -2.29. The Balaban J connectivity index is 2.86. The molecule has 0 heterocycles. The van der Waals surface area contributed by atoms with E-state index in [-0.39, 0.29) is 12.7 Å². The lowest BCUT2D eigenvalue weighted by atomic mass is 10.2. The van der Waals surface area contributed by atoms with Crippen LogP contribution in [0.2, 0.25) is 0 Å². The van der Waals surface area contributed by atoms with E-state index in [4.69, 9.17) is 11.5 Å². The number of hydrogen-bond acceptors (Lipinski definition) is 2. The SMILES string of the molecule is NCC(N)CCCF. The molecule has 1 unspecified atom stereocenters. The number of rotatable bonds is 4. The molecule has 0 radical (unpaired) electrons. The third kappa shape index (κ3) is 4.02. The highest BCUT2D eigenvalue weighted by atomic mass is 19.1. The van der Waals surface area contributed by atoms with Gasteiger partial charge in [0.1, 0.15) is 0 Å². The second kappa shape index (κ2) is 5.00. The van der Waals surface area contributed by atoms with E-state index in [0.29, 0.717) is 19.4 Å². The summed E-state index contributed by atoms with van der Waals surface area (Å²) in [6.45, 7) is 0.174. The molecule has 1 atom stereocenters. The Bertz CT molecular complexity index is 49.7. The number of alkyl halides is 1. The molecule has 2 nitrogen and oxygen atoms in total. The van der Waals surface area contributed by atoms with E-state index in [2.05, 4.69) is 0 Å². The summed E-state index contributed by atoms with van der Waals surface area (Å²) >= 11 is 0. The first-order chi connectivity index (χ1) is 3.81. The summed E-state index contributed by atoms with van der Waals surface area (Å²) in [6, 6.07) is -0.00856. The minimum Gasteiger partial charge on any atom is -0.329 e. The molecule has 0 aliphatic heterocycles. The molecule has 0 saturated carbocycles. The fraction of sp³-hybridized carbons (Fsp3) is 1.00. The largest absolute Gasteiger partial charge is 0.329 e. The minimum atomic E-state index is -0.284. The zero-order valence-electron chi connectivity index (χ0n) is 4.94. The quantitative estimate of drug-likeness (QED) is 0.549. The molecule has 50 valence electrons. The maximum atomic E-state index is 11.4. The highest BCUT2D eigenvalue weighted by Gasteiger charge is 1.96. The lowest BCUT2D eigenvalue weighted by molar-refractivity contribution is 0.442. The summed E-state index contributed by atoms with van der Waals surface area (Å²) in [4.78, 5) is 0. The third-order valence-electron chi connectivity index (χ3n) is 1.01. The van der Waals surface area contributed by atoms with Crippen LogP contribution in [-0.4, -0.2) is 19.3 Å². The molecule has 0 aliphatic rings. The van der Waals surface area contributed by atoms with Crippen LogP contribution in [-0.2, 0) is 0 Å². The molecule has 0 aromatic carbocycles. The topological polar surface area (TPSA) is 52.0 Å². The van der Waals surface area contributed by atoms with Gasteiger partial charge in [-0.2, -0.15) is 0 Å². The van der Waals surface area contributed by atoms with Crippen molar-refractivity contribution in [3.8, 4) is 0 Å². The van der Waals surface area contributed by atoms with E-state index in [0.717, 1.165) is 0 Å². The van der Waals surface area contributed by atoms with Gasteiger partial charge in [-0.05, 0) is 12.8 Å². The molecule has 0 aromatic rings. The maximum absolute atomic E-state index is 11.4. The van der Waals surface area contributed by atoms with Gasteiger partial charge in [0.2, 0.25) is 0 Å². The van der Waals surface area contributed by atoms with Crippen molar-refractivity contribution in [1.29, 1.82) is 0 Å². The Kier molecular flexibility index (Phi) is 4.90. The van der Waals surface area contributed by atoms with Gasteiger partial charge in [-0.1, -0.05) is 0 Å². The van der Waals surface area contributed by atoms with Crippen LogP contribution in [0.1, 0.15) is 12.8 Å². The van der Waals surface area contributed by atoms with Crippen LogP contribution in [0.25, 0.3) is 0 Å². The molecular weight excluding hydrogens is 107 g/mol. The fourth-order valence-corrected chi connectivity index (χ4v) is 0.457. The monoisotopic (exact) mass is 120 g/mol. The van der Waals surface area contributed by atoms with Gasteiger partial charge in [0.25, 0.3) is 0 Å². The highest BCUT2D eigenvalue weighted by Crippen LogP contribution is 1.91. The number of hydrogen-bond donors (Lipinski definition) is 2. The van der Waals surface area contributed by atoms with Gasteiger partial charge >= 0.3 is 0 Å². The van der Waals surface area contributed by atoms with Gasteiger partial charge in [-0.25, -0.2) is 0 Å². The number of nitrogens with two attached hydrogens (primary N) is 2. The second-order valence-corrected chi connectivity index (χ2v) is 1.83. The van der Waals surface area contributed by atoms with Gasteiger partial charge in [-0.3, -0.25) is 4.39 Å². The Labute approximate surface area is 49.0 Å². The second-order valence-electron chi connectivity index (χ2n) is 1.83. The molecule has 0 amide bonds. The van der Waals surface area contributed by atoms with Gasteiger partial charge < -0.3 is 11.5 Å². The average Bonchev–Trinajstić information content (AvgIpc) is 1.83. The van der Waals surface area contributed by atoms with Gasteiger partial charge in [0, 0.05) is 12.6 Å². The highest BCUT2D eigenvalue weighted by molar-refractivity contribution is 4.59. The summed E-state index contributed by atoms with van der Waals surface area (Å²) in [5, 5.41) is 0. The normalized spacial score (nSPS) is 13.9. The summed E-state index contributed by atoms with van der Waals surface area (Å²) in [7, 11) is 0. The fourth-order valence-electron chi connectivity index (χ4n) is 0.457. The van der Waals surface area contributed by atoms with Crippen molar-refractivity contribution in [3.05, 3.63) is 0 Å². The smallest absolute Gasteiger partial charge is 0.0895 e. The van der Waals surface area contributed by atoms with Crippen LogP contribution in [0, 0.1) is 0 Å². The van der Waals surface area contributed by atoms with E-state index in [9.17, 15) is 4.39 Å². The third-order valence-corrected chi connectivity index (χ3v) is 1.01. The van der Waals surface area contributed by atoms with Crippen molar-refractivity contribution >= 4 is 0 Å². The maximum Gasteiger partial charge on any atom is 0.0895 e. The van der Waals surface area contributed by atoms with Crippen molar-refractivity contribution < 1.29 is 4.39 Å². The molecule has 0 spiro atoms. The van der Waals surface area contributed by atoms with Crippen LogP contribution in [0.15, 0.2) is 0 Å². The first-order valence-corrected chi connectivity index (χ1v) is 2.83. The summed E-state index contributed by atoms with van der Waals surface area (Å²) in [5.74, 6) is 0. The van der Waals surface area contributed by atoms with Crippen molar-refractivity contribution in [1.82, 2.24) is 0 Å². The van der Waals surface area contributed by atoms with E-state index in [1.165, 1.54) is 0 Å². The zero-order chi connectivity index (χ0) is 6.41. The first kappa shape index (κ1) is 7.85. The summed E-state index contributed by atoms with van der Waals surface area (Å²) < 4.78 is 11.4. The van der Waals surface area contributed by atoms with Crippen LogP contribution < -0.4 is 11.5 Å². The molecule has 0 aliphatic carbocycles. The molecule has 0 rings (SSSR count). The number of halogens is 1. The van der Waals surface area contributed by atoms with Crippen LogP contribution >= 0.6 is 0 Å². The van der Waals surface area contributed by atoms with Crippen molar-refractivity contribution in [2.24, 2.45) is 11.5 Å². The van der Waals surface area contributed by atoms with Gasteiger partial charge in [0.15, 0.2) is 0 Å². The molecule has 0 aromatic heterocycles. The van der Waals surface area contributed by atoms with Crippen LogP contribution in [0.4, 0.5) is 4.39 Å². The molecule has 4 N–H and O–H groups in total. The molecule has 0 saturated heterocycles. The Hall–Kier alpha value is -0.150. The molecule has 0 bridgehead atoms. The molecule has 3 heteroatoms. The lowest BCUT2D eigenvalue weighted by Gasteiger charge is -2.04. The van der Waals surface area contributed by atoms with Crippen LogP contribution in [0.5, 0.6) is 0 Å².